The van der Waals surface area contributed by atoms with E-state index >= 15 is 0 Å². The van der Waals surface area contributed by atoms with Crippen molar-refractivity contribution in [3.05, 3.63) is 192 Å². The molecule has 0 N–H and O–H groups in total. The lowest BCUT2D eigenvalue weighted by Crippen LogP contribution is -1.98. The van der Waals surface area contributed by atoms with Crippen LogP contribution in [0.1, 0.15) is 22.3 Å². The molecule has 0 saturated heterocycles. The lowest BCUT2D eigenvalue weighted by molar-refractivity contribution is 1.50. The second kappa shape index (κ2) is 10.5. The van der Waals surface area contributed by atoms with Crippen molar-refractivity contribution in [2.45, 2.75) is 0 Å². The van der Waals surface area contributed by atoms with E-state index in [1.807, 2.05) is 0 Å². The molecular formula is C40H28. The van der Waals surface area contributed by atoms with Gasteiger partial charge in [0.05, 0.1) is 0 Å². The normalized spacial score (nSPS) is 11.0. The molecule has 0 aliphatic carbocycles. The van der Waals surface area contributed by atoms with E-state index in [4.69, 9.17) is 0 Å². The first-order valence-electron chi connectivity index (χ1n) is 13.8. The lowest BCUT2D eigenvalue weighted by atomic mass is 9.84. The Kier molecular flexibility index (Phi) is 6.28. The molecule has 0 aromatic heterocycles. The summed E-state index contributed by atoms with van der Waals surface area (Å²) in [6, 6.07) is 61.2. The fraction of sp³-hybridized carbons (Fsp3) is 0. The zero-order valence-electron chi connectivity index (χ0n) is 22.2. The number of fused-ring (bicyclic) bond motifs is 2. The van der Waals surface area contributed by atoms with Crippen LogP contribution in [0.5, 0.6) is 0 Å². The molecule has 0 radical (unpaired) electrons. The standard InChI is InChI=1S/C40H28/c1-4-15-29(16-5-1)38(30-17-6-2-7-18-30)39(31-19-8-3-9-20-31)34-23-14-24-35(28-34)40-36-25-12-10-21-32(36)27-33-22-11-13-26-37(33)40/h1-28H. The second-order valence-electron chi connectivity index (χ2n) is 10.1. The molecule has 0 nitrogen and oxygen atoms in total. The highest BCUT2D eigenvalue weighted by atomic mass is 14.2. The van der Waals surface area contributed by atoms with E-state index in [1.165, 1.54) is 66.1 Å². The van der Waals surface area contributed by atoms with Crippen LogP contribution in [0.4, 0.5) is 0 Å². The maximum Gasteiger partial charge on any atom is -0.00266 e. The molecule has 7 aromatic carbocycles. The van der Waals surface area contributed by atoms with Gasteiger partial charge in [-0.15, -0.1) is 0 Å². The third-order valence-electron chi connectivity index (χ3n) is 7.65. The molecule has 0 aliphatic heterocycles. The number of benzene rings is 7. The Hall–Kier alpha value is -5.20. The fourth-order valence-electron chi connectivity index (χ4n) is 5.88. The van der Waals surface area contributed by atoms with Crippen molar-refractivity contribution in [3.63, 3.8) is 0 Å². The van der Waals surface area contributed by atoms with E-state index in [0.29, 0.717) is 0 Å². The summed E-state index contributed by atoms with van der Waals surface area (Å²) in [5.74, 6) is 0. The van der Waals surface area contributed by atoms with Crippen LogP contribution in [-0.2, 0) is 0 Å². The minimum atomic E-state index is 1.20. The van der Waals surface area contributed by atoms with Crippen molar-refractivity contribution in [2.24, 2.45) is 0 Å². The van der Waals surface area contributed by atoms with E-state index < -0.39 is 0 Å². The first-order chi connectivity index (χ1) is 19.9. The molecule has 188 valence electrons. The maximum absolute atomic E-state index is 2.38. The van der Waals surface area contributed by atoms with Crippen LogP contribution >= 0.6 is 0 Å². The zero-order chi connectivity index (χ0) is 26.7. The minimum Gasteiger partial charge on any atom is -0.0622 e. The van der Waals surface area contributed by atoms with Crippen LogP contribution < -0.4 is 0 Å². The molecule has 0 heterocycles. The number of rotatable bonds is 5. The Morgan fingerprint density at radius 3 is 1.20 bits per heavy atom. The van der Waals surface area contributed by atoms with Crippen LogP contribution in [0.25, 0.3) is 43.8 Å². The molecule has 0 unspecified atom stereocenters. The molecule has 0 heteroatoms. The van der Waals surface area contributed by atoms with Gasteiger partial charge in [-0.05, 0) is 78.2 Å². The van der Waals surface area contributed by atoms with E-state index in [0.717, 1.165) is 0 Å². The fourth-order valence-corrected chi connectivity index (χ4v) is 5.88. The smallest absolute Gasteiger partial charge is 0.00266 e. The van der Waals surface area contributed by atoms with Crippen LogP contribution in [0.2, 0.25) is 0 Å². The molecule has 0 spiro atoms. The average molecular weight is 509 g/mol. The highest BCUT2D eigenvalue weighted by molar-refractivity contribution is 6.13. The molecular weight excluding hydrogens is 480 g/mol. The first kappa shape index (κ1) is 23.9. The molecule has 40 heavy (non-hydrogen) atoms. The number of hydrogen-bond acceptors (Lipinski definition) is 0. The molecule has 7 aromatic rings. The van der Waals surface area contributed by atoms with Crippen molar-refractivity contribution < 1.29 is 0 Å². The molecule has 0 saturated carbocycles. The van der Waals surface area contributed by atoms with Crippen molar-refractivity contribution in [3.8, 4) is 11.1 Å². The topological polar surface area (TPSA) is 0 Å². The molecule has 0 bridgehead atoms. The second-order valence-corrected chi connectivity index (χ2v) is 10.1. The van der Waals surface area contributed by atoms with Gasteiger partial charge in [-0.3, -0.25) is 0 Å². The predicted octanol–water partition coefficient (Wildman–Crippen LogP) is 10.7. The van der Waals surface area contributed by atoms with Crippen LogP contribution in [-0.4, -0.2) is 0 Å². The molecule has 7 rings (SSSR count). The summed E-state index contributed by atoms with van der Waals surface area (Å²) in [6.45, 7) is 0. The summed E-state index contributed by atoms with van der Waals surface area (Å²) < 4.78 is 0. The Labute approximate surface area is 235 Å². The monoisotopic (exact) mass is 508 g/mol. The summed E-state index contributed by atoms with van der Waals surface area (Å²) in [6.07, 6.45) is 0. The zero-order valence-corrected chi connectivity index (χ0v) is 22.2. The number of hydrogen-bond donors (Lipinski definition) is 0. The highest BCUT2D eigenvalue weighted by Crippen LogP contribution is 2.40. The van der Waals surface area contributed by atoms with Crippen LogP contribution in [0, 0.1) is 0 Å². The predicted molar refractivity (Wildman–Crippen MR) is 171 cm³/mol. The van der Waals surface area contributed by atoms with Crippen molar-refractivity contribution in [1.82, 2.24) is 0 Å². The van der Waals surface area contributed by atoms with Gasteiger partial charge in [0.1, 0.15) is 0 Å². The highest BCUT2D eigenvalue weighted by Gasteiger charge is 2.17. The molecule has 0 atom stereocenters. The van der Waals surface area contributed by atoms with Crippen LogP contribution in [0.3, 0.4) is 0 Å². The molecule has 0 amide bonds. The Morgan fingerprint density at radius 1 is 0.300 bits per heavy atom. The quantitative estimate of drug-likeness (QED) is 0.160. The van der Waals surface area contributed by atoms with Gasteiger partial charge in [0.2, 0.25) is 0 Å². The minimum absolute atomic E-state index is 1.20. The van der Waals surface area contributed by atoms with Gasteiger partial charge in [0.15, 0.2) is 0 Å². The van der Waals surface area contributed by atoms with Gasteiger partial charge in [-0.2, -0.15) is 0 Å². The third-order valence-corrected chi connectivity index (χ3v) is 7.65. The maximum atomic E-state index is 2.38. The summed E-state index contributed by atoms with van der Waals surface area (Å²) in [4.78, 5) is 0. The summed E-state index contributed by atoms with van der Waals surface area (Å²) in [7, 11) is 0. The summed E-state index contributed by atoms with van der Waals surface area (Å²) in [5, 5.41) is 5.06. The largest absolute Gasteiger partial charge is 0.0622 e. The Balaban J connectivity index is 1.56. The average Bonchev–Trinajstić information content (AvgIpc) is 3.03. The van der Waals surface area contributed by atoms with Crippen molar-refractivity contribution >= 4 is 32.7 Å². The van der Waals surface area contributed by atoms with Crippen LogP contribution in [0.15, 0.2) is 170 Å². The Morgan fingerprint density at radius 2 is 0.700 bits per heavy atom. The van der Waals surface area contributed by atoms with Gasteiger partial charge in [-0.25, -0.2) is 0 Å². The third kappa shape index (κ3) is 4.40. The van der Waals surface area contributed by atoms with E-state index in [-0.39, 0.29) is 0 Å². The van der Waals surface area contributed by atoms with Gasteiger partial charge in [-0.1, -0.05) is 158 Å². The van der Waals surface area contributed by atoms with Gasteiger partial charge >= 0.3 is 0 Å². The van der Waals surface area contributed by atoms with Gasteiger partial charge < -0.3 is 0 Å². The summed E-state index contributed by atoms with van der Waals surface area (Å²) >= 11 is 0. The molecule has 0 fully saturated rings. The van der Waals surface area contributed by atoms with E-state index in [1.54, 1.807) is 0 Å². The van der Waals surface area contributed by atoms with E-state index in [9.17, 15) is 0 Å². The van der Waals surface area contributed by atoms with Crippen molar-refractivity contribution in [1.29, 1.82) is 0 Å². The van der Waals surface area contributed by atoms with Gasteiger partial charge in [0, 0.05) is 0 Å². The summed E-state index contributed by atoms with van der Waals surface area (Å²) in [5.41, 5.74) is 9.76. The molecule has 0 aliphatic rings. The van der Waals surface area contributed by atoms with Crippen molar-refractivity contribution in [2.75, 3.05) is 0 Å². The van der Waals surface area contributed by atoms with E-state index in [2.05, 4.69) is 170 Å². The SMILES string of the molecule is c1ccc(C(=C(c2ccccc2)c2cccc(-c3c4ccccc4cc4ccccc34)c2)c2ccccc2)cc1. The Bertz CT molecular complexity index is 1870. The van der Waals surface area contributed by atoms with Gasteiger partial charge in [0.25, 0.3) is 0 Å². The first-order valence-corrected chi connectivity index (χ1v) is 13.8. The lowest BCUT2D eigenvalue weighted by Gasteiger charge is -2.19.